The van der Waals surface area contributed by atoms with Crippen LogP contribution in [0.25, 0.3) is 5.57 Å². The number of benzene rings is 2. The van der Waals surface area contributed by atoms with E-state index in [1.807, 2.05) is 36.4 Å². The van der Waals surface area contributed by atoms with Gasteiger partial charge in [0.25, 0.3) is 11.8 Å². The second-order valence-corrected chi connectivity index (χ2v) is 6.24. The number of rotatable bonds is 7. The van der Waals surface area contributed by atoms with Crippen LogP contribution in [0.3, 0.4) is 0 Å². The average molecular weight is 366 g/mol. The van der Waals surface area contributed by atoms with Gasteiger partial charge in [0.2, 0.25) is 0 Å². The van der Waals surface area contributed by atoms with E-state index in [0.717, 1.165) is 5.56 Å². The van der Waals surface area contributed by atoms with E-state index in [1.54, 1.807) is 37.3 Å². The standard InChI is InChI=1S/C21H22N2O4/c1-22(12-13-24)19-18(15-8-4-3-5-9-15)20(25)23(21(19)26)14-16-10-6-7-11-17(16)27-2/h3-11,24H,12-14H2,1-2H3. The third kappa shape index (κ3) is 3.57. The van der Waals surface area contributed by atoms with E-state index in [0.29, 0.717) is 22.6 Å². The number of likely N-dealkylation sites (N-methyl/N-ethyl adjacent to an activating group) is 1. The number of imide groups is 1. The summed E-state index contributed by atoms with van der Waals surface area (Å²) in [7, 11) is 3.26. The molecule has 1 heterocycles. The van der Waals surface area contributed by atoms with Gasteiger partial charge in [0.1, 0.15) is 11.4 Å². The quantitative estimate of drug-likeness (QED) is 0.758. The molecule has 27 heavy (non-hydrogen) atoms. The maximum absolute atomic E-state index is 13.2. The molecule has 6 heteroatoms. The van der Waals surface area contributed by atoms with Crippen LogP contribution in [0.4, 0.5) is 0 Å². The second kappa shape index (κ2) is 8.05. The number of amides is 2. The number of carbonyl (C=O) groups excluding carboxylic acids is 2. The van der Waals surface area contributed by atoms with Gasteiger partial charge in [0.15, 0.2) is 0 Å². The molecule has 0 radical (unpaired) electrons. The van der Waals surface area contributed by atoms with Crippen LogP contribution < -0.4 is 4.74 Å². The van der Waals surface area contributed by atoms with Crippen molar-refractivity contribution in [2.24, 2.45) is 0 Å². The summed E-state index contributed by atoms with van der Waals surface area (Å²) in [4.78, 5) is 29.1. The molecule has 140 valence electrons. The lowest BCUT2D eigenvalue weighted by Gasteiger charge is -2.21. The van der Waals surface area contributed by atoms with Crippen molar-refractivity contribution in [2.75, 3.05) is 27.3 Å². The molecule has 0 unspecified atom stereocenters. The molecule has 0 aliphatic carbocycles. The zero-order valence-corrected chi connectivity index (χ0v) is 15.4. The predicted octanol–water partition coefficient (Wildman–Crippen LogP) is 1.90. The lowest BCUT2D eigenvalue weighted by atomic mass is 10.0. The van der Waals surface area contributed by atoms with E-state index in [9.17, 15) is 14.7 Å². The summed E-state index contributed by atoms with van der Waals surface area (Å²) in [5.74, 6) is -0.103. The fraction of sp³-hybridized carbons (Fsp3) is 0.238. The van der Waals surface area contributed by atoms with Crippen molar-refractivity contribution in [2.45, 2.75) is 6.54 Å². The molecule has 0 saturated carbocycles. The topological polar surface area (TPSA) is 70.1 Å². The Morgan fingerprint density at radius 2 is 1.67 bits per heavy atom. The van der Waals surface area contributed by atoms with E-state index in [1.165, 1.54) is 4.90 Å². The summed E-state index contributed by atoms with van der Waals surface area (Å²) < 4.78 is 5.34. The van der Waals surface area contributed by atoms with Crippen molar-refractivity contribution < 1.29 is 19.4 Å². The smallest absolute Gasteiger partial charge is 0.278 e. The molecule has 1 aliphatic heterocycles. The van der Waals surface area contributed by atoms with E-state index < -0.39 is 0 Å². The summed E-state index contributed by atoms with van der Waals surface area (Å²) in [6.07, 6.45) is 0. The number of aliphatic hydroxyl groups is 1. The minimum Gasteiger partial charge on any atom is -0.496 e. The number of hydrogen-bond acceptors (Lipinski definition) is 5. The Labute approximate surface area is 158 Å². The average Bonchev–Trinajstić information content (AvgIpc) is 2.94. The summed E-state index contributed by atoms with van der Waals surface area (Å²) in [6.45, 7) is 0.262. The molecule has 1 N–H and O–H groups in total. The lowest BCUT2D eigenvalue weighted by Crippen LogP contribution is -2.34. The van der Waals surface area contributed by atoms with E-state index >= 15 is 0 Å². The minimum atomic E-state index is -0.374. The van der Waals surface area contributed by atoms with E-state index in [4.69, 9.17) is 4.74 Å². The number of carbonyl (C=O) groups is 2. The normalized spacial score (nSPS) is 14.1. The van der Waals surface area contributed by atoms with Gasteiger partial charge in [0, 0.05) is 19.2 Å². The molecule has 0 bridgehead atoms. The van der Waals surface area contributed by atoms with Crippen molar-refractivity contribution in [1.29, 1.82) is 0 Å². The largest absolute Gasteiger partial charge is 0.496 e. The van der Waals surface area contributed by atoms with Crippen molar-refractivity contribution in [3.63, 3.8) is 0 Å². The Kier molecular flexibility index (Phi) is 5.57. The first-order valence-electron chi connectivity index (χ1n) is 8.68. The number of ether oxygens (including phenoxy) is 1. The molecular formula is C21H22N2O4. The fourth-order valence-electron chi connectivity index (χ4n) is 3.19. The summed E-state index contributed by atoms with van der Waals surface area (Å²) in [6, 6.07) is 16.4. The van der Waals surface area contributed by atoms with E-state index in [-0.39, 0.29) is 31.5 Å². The van der Waals surface area contributed by atoms with Gasteiger partial charge >= 0.3 is 0 Å². The van der Waals surface area contributed by atoms with Gasteiger partial charge in [0.05, 0.1) is 25.8 Å². The third-order valence-corrected chi connectivity index (χ3v) is 4.54. The Morgan fingerprint density at radius 3 is 2.33 bits per heavy atom. The molecule has 1 aliphatic rings. The van der Waals surface area contributed by atoms with Crippen LogP contribution in [-0.4, -0.2) is 54.0 Å². The SMILES string of the molecule is COc1ccccc1CN1C(=O)C(c2ccccc2)=C(N(C)CCO)C1=O. The molecule has 2 amide bonds. The Bertz CT molecular complexity index is 877. The highest BCUT2D eigenvalue weighted by atomic mass is 16.5. The van der Waals surface area contributed by atoms with Crippen molar-refractivity contribution in [1.82, 2.24) is 9.80 Å². The van der Waals surface area contributed by atoms with Gasteiger partial charge in [-0.1, -0.05) is 48.5 Å². The zero-order chi connectivity index (χ0) is 19.4. The van der Waals surface area contributed by atoms with Crippen LogP contribution in [0.15, 0.2) is 60.3 Å². The highest BCUT2D eigenvalue weighted by molar-refractivity contribution is 6.35. The zero-order valence-electron chi connectivity index (χ0n) is 15.4. The van der Waals surface area contributed by atoms with Crippen LogP contribution in [0.1, 0.15) is 11.1 Å². The monoisotopic (exact) mass is 366 g/mol. The first-order chi connectivity index (χ1) is 13.1. The molecule has 0 spiro atoms. The van der Waals surface area contributed by atoms with Gasteiger partial charge in [-0.2, -0.15) is 0 Å². The van der Waals surface area contributed by atoms with Crippen molar-refractivity contribution in [3.8, 4) is 5.75 Å². The molecule has 2 aromatic rings. The van der Waals surface area contributed by atoms with Crippen LogP contribution >= 0.6 is 0 Å². The summed E-state index contributed by atoms with van der Waals surface area (Å²) >= 11 is 0. The third-order valence-electron chi connectivity index (χ3n) is 4.54. The van der Waals surface area contributed by atoms with Gasteiger partial charge in [-0.05, 0) is 11.6 Å². The maximum Gasteiger partial charge on any atom is 0.278 e. The predicted molar refractivity (Wildman–Crippen MR) is 102 cm³/mol. The minimum absolute atomic E-state index is 0.115. The first-order valence-corrected chi connectivity index (χ1v) is 8.68. The van der Waals surface area contributed by atoms with Crippen LogP contribution in [0, 0.1) is 0 Å². The molecular weight excluding hydrogens is 344 g/mol. The summed E-state index contributed by atoms with van der Waals surface area (Å²) in [5.41, 5.74) is 2.08. The first kappa shape index (κ1) is 18.7. The highest BCUT2D eigenvalue weighted by Gasteiger charge is 2.40. The summed E-state index contributed by atoms with van der Waals surface area (Å²) in [5, 5.41) is 9.28. The van der Waals surface area contributed by atoms with E-state index in [2.05, 4.69) is 0 Å². The molecule has 2 aromatic carbocycles. The van der Waals surface area contributed by atoms with Crippen molar-refractivity contribution in [3.05, 3.63) is 71.4 Å². The van der Waals surface area contributed by atoms with Crippen LogP contribution in [0.5, 0.6) is 5.75 Å². The molecule has 3 rings (SSSR count). The van der Waals surface area contributed by atoms with Gasteiger partial charge in [-0.3, -0.25) is 14.5 Å². The van der Waals surface area contributed by atoms with Gasteiger partial charge in [-0.15, -0.1) is 0 Å². The molecule has 0 fully saturated rings. The van der Waals surface area contributed by atoms with Crippen LogP contribution in [0.2, 0.25) is 0 Å². The molecule has 0 atom stereocenters. The van der Waals surface area contributed by atoms with Crippen LogP contribution in [-0.2, 0) is 16.1 Å². The number of hydrogen-bond donors (Lipinski definition) is 1. The van der Waals surface area contributed by atoms with Gasteiger partial charge in [-0.25, -0.2) is 0 Å². The number of methoxy groups -OCH3 is 1. The Balaban J connectivity index is 2.01. The molecule has 0 aromatic heterocycles. The molecule has 0 saturated heterocycles. The second-order valence-electron chi connectivity index (χ2n) is 6.24. The molecule has 6 nitrogen and oxygen atoms in total. The lowest BCUT2D eigenvalue weighted by molar-refractivity contribution is -0.138. The highest BCUT2D eigenvalue weighted by Crippen LogP contribution is 2.33. The Morgan fingerprint density at radius 1 is 1.00 bits per heavy atom. The van der Waals surface area contributed by atoms with Crippen molar-refractivity contribution >= 4 is 17.4 Å². The van der Waals surface area contributed by atoms with Gasteiger partial charge < -0.3 is 14.7 Å². The maximum atomic E-state index is 13.2. The number of para-hydroxylation sites is 1. The number of aliphatic hydroxyl groups excluding tert-OH is 1. The Hall–Kier alpha value is -3.12. The fourth-order valence-corrected chi connectivity index (χ4v) is 3.19. The number of nitrogens with zero attached hydrogens (tertiary/aromatic N) is 2.